The van der Waals surface area contributed by atoms with Crippen molar-refractivity contribution in [2.24, 2.45) is 0 Å². The lowest BCUT2D eigenvalue weighted by molar-refractivity contribution is 0.0952. The van der Waals surface area contributed by atoms with Crippen LogP contribution in [0.3, 0.4) is 0 Å². The molecule has 140 valence electrons. The van der Waals surface area contributed by atoms with Crippen molar-refractivity contribution in [1.29, 1.82) is 0 Å². The molecule has 0 aliphatic rings. The van der Waals surface area contributed by atoms with Crippen molar-refractivity contribution in [3.63, 3.8) is 0 Å². The van der Waals surface area contributed by atoms with Crippen molar-refractivity contribution in [1.82, 2.24) is 5.32 Å². The van der Waals surface area contributed by atoms with E-state index in [-0.39, 0.29) is 16.4 Å². The Hall–Kier alpha value is -2.41. The van der Waals surface area contributed by atoms with Crippen LogP contribution in [0.5, 0.6) is 0 Å². The van der Waals surface area contributed by atoms with Gasteiger partial charge in [-0.3, -0.25) is 9.10 Å². The molecule has 2 aromatic rings. The van der Waals surface area contributed by atoms with E-state index in [1.54, 1.807) is 6.07 Å². The zero-order valence-corrected chi connectivity index (χ0v) is 15.7. The number of carbonyl (C=O) groups is 1. The van der Waals surface area contributed by atoms with Gasteiger partial charge in [0, 0.05) is 19.2 Å². The van der Waals surface area contributed by atoms with Crippen LogP contribution in [0.25, 0.3) is 0 Å². The molecule has 5 nitrogen and oxygen atoms in total. The molecule has 2 aromatic carbocycles. The number of benzene rings is 2. The number of carbonyl (C=O) groups excluding carboxylic acids is 1. The maximum atomic E-state index is 13.0. The topological polar surface area (TPSA) is 66.5 Å². The Labute approximate surface area is 153 Å². The summed E-state index contributed by atoms with van der Waals surface area (Å²) in [6.45, 7) is 2.63. The van der Waals surface area contributed by atoms with Gasteiger partial charge < -0.3 is 5.32 Å². The molecule has 0 radical (unpaired) electrons. The van der Waals surface area contributed by atoms with E-state index in [1.807, 2.05) is 0 Å². The van der Waals surface area contributed by atoms with Gasteiger partial charge in [-0.2, -0.15) is 0 Å². The number of anilines is 1. The monoisotopic (exact) mass is 378 g/mol. The average molecular weight is 378 g/mol. The molecular weight excluding hydrogens is 355 g/mol. The Morgan fingerprint density at radius 2 is 1.81 bits per heavy atom. The number of amides is 1. The van der Waals surface area contributed by atoms with Gasteiger partial charge in [-0.25, -0.2) is 12.8 Å². The number of halogens is 1. The number of unbranched alkanes of at least 4 members (excludes halogenated alkanes) is 2. The van der Waals surface area contributed by atoms with Crippen LogP contribution in [-0.2, 0) is 10.0 Å². The molecule has 1 N–H and O–H groups in total. The first-order valence-corrected chi connectivity index (χ1v) is 9.93. The van der Waals surface area contributed by atoms with E-state index in [9.17, 15) is 17.6 Å². The lowest BCUT2D eigenvalue weighted by Crippen LogP contribution is -2.28. The van der Waals surface area contributed by atoms with Crippen molar-refractivity contribution in [3.05, 3.63) is 59.9 Å². The molecule has 0 bridgehead atoms. The van der Waals surface area contributed by atoms with Gasteiger partial charge in [0.2, 0.25) is 0 Å². The van der Waals surface area contributed by atoms with E-state index in [0.717, 1.165) is 23.6 Å². The van der Waals surface area contributed by atoms with Crippen LogP contribution in [0.2, 0.25) is 0 Å². The van der Waals surface area contributed by atoms with Crippen molar-refractivity contribution >= 4 is 21.6 Å². The van der Waals surface area contributed by atoms with Crippen LogP contribution >= 0.6 is 0 Å². The molecule has 1 amide bonds. The first-order chi connectivity index (χ1) is 12.4. The van der Waals surface area contributed by atoms with Crippen LogP contribution < -0.4 is 9.62 Å². The first-order valence-electron chi connectivity index (χ1n) is 8.49. The Bertz CT molecular complexity index is 851. The SMILES string of the molecule is CCCCCNC(=O)c1cccc(S(=O)(=O)N(C)c2ccc(F)cc2)c1. The van der Waals surface area contributed by atoms with Gasteiger partial charge in [0.05, 0.1) is 10.6 Å². The van der Waals surface area contributed by atoms with Crippen molar-refractivity contribution < 1.29 is 17.6 Å². The Kier molecular flexibility index (Phi) is 6.74. The minimum atomic E-state index is -3.86. The van der Waals surface area contributed by atoms with Crippen LogP contribution in [0, 0.1) is 5.82 Å². The third kappa shape index (κ3) is 4.82. The highest BCUT2D eigenvalue weighted by Crippen LogP contribution is 2.22. The highest BCUT2D eigenvalue weighted by atomic mass is 32.2. The summed E-state index contributed by atoms with van der Waals surface area (Å²) in [5, 5.41) is 2.79. The number of hydrogen-bond donors (Lipinski definition) is 1. The molecule has 0 aliphatic carbocycles. The molecule has 0 aromatic heterocycles. The normalized spacial score (nSPS) is 11.2. The zero-order valence-electron chi connectivity index (χ0n) is 14.9. The molecule has 7 heteroatoms. The van der Waals surface area contributed by atoms with E-state index in [0.29, 0.717) is 12.2 Å². The number of rotatable bonds is 8. The largest absolute Gasteiger partial charge is 0.352 e. The predicted octanol–water partition coefficient (Wildman–Crippen LogP) is 3.57. The average Bonchev–Trinajstić information content (AvgIpc) is 2.65. The molecule has 0 atom stereocenters. The molecule has 0 spiro atoms. The summed E-state index contributed by atoms with van der Waals surface area (Å²) in [6.07, 6.45) is 2.96. The van der Waals surface area contributed by atoms with Crippen molar-refractivity contribution in [2.45, 2.75) is 31.1 Å². The standard InChI is InChI=1S/C19H23FN2O3S/c1-3-4-5-13-21-19(23)15-7-6-8-18(14-15)26(24,25)22(2)17-11-9-16(20)10-12-17/h6-12,14H,3-5,13H2,1-2H3,(H,21,23). The Morgan fingerprint density at radius 1 is 1.12 bits per heavy atom. The van der Waals surface area contributed by atoms with E-state index in [4.69, 9.17) is 0 Å². The molecule has 2 rings (SSSR count). The molecule has 26 heavy (non-hydrogen) atoms. The Morgan fingerprint density at radius 3 is 2.46 bits per heavy atom. The lowest BCUT2D eigenvalue weighted by Gasteiger charge is -2.19. The summed E-state index contributed by atoms with van der Waals surface area (Å²) in [5.41, 5.74) is 0.621. The number of sulfonamides is 1. The van der Waals surface area contributed by atoms with Crippen LogP contribution in [-0.4, -0.2) is 27.9 Å². The second-order valence-corrected chi connectivity index (χ2v) is 7.91. The highest BCUT2D eigenvalue weighted by molar-refractivity contribution is 7.92. The number of hydrogen-bond acceptors (Lipinski definition) is 3. The summed E-state index contributed by atoms with van der Waals surface area (Å²) in [7, 11) is -2.47. The van der Waals surface area contributed by atoms with Crippen molar-refractivity contribution in [2.75, 3.05) is 17.9 Å². The summed E-state index contributed by atoms with van der Waals surface area (Å²) in [5.74, 6) is -0.746. The van der Waals surface area contributed by atoms with Gasteiger partial charge in [0.25, 0.3) is 15.9 Å². The summed E-state index contributed by atoms with van der Waals surface area (Å²) >= 11 is 0. The quantitative estimate of drug-likeness (QED) is 0.714. The van der Waals surface area contributed by atoms with Gasteiger partial charge >= 0.3 is 0 Å². The summed E-state index contributed by atoms with van der Waals surface area (Å²) in [4.78, 5) is 12.2. The van der Waals surface area contributed by atoms with Crippen molar-refractivity contribution in [3.8, 4) is 0 Å². The number of nitrogens with one attached hydrogen (secondary N) is 1. The van der Waals surface area contributed by atoms with Gasteiger partial charge in [-0.1, -0.05) is 25.8 Å². The van der Waals surface area contributed by atoms with Crippen LogP contribution in [0.4, 0.5) is 10.1 Å². The van der Waals surface area contributed by atoms with Gasteiger partial charge in [-0.05, 0) is 48.9 Å². The molecule has 0 unspecified atom stereocenters. The summed E-state index contributed by atoms with van der Waals surface area (Å²) < 4.78 is 39.7. The second-order valence-electron chi connectivity index (χ2n) is 5.94. The van der Waals surface area contributed by atoms with E-state index >= 15 is 0 Å². The third-order valence-electron chi connectivity index (χ3n) is 4.01. The summed E-state index contributed by atoms with van der Waals surface area (Å²) in [6, 6.07) is 11.1. The molecule has 0 aliphatic heterocycles. The molecule has 0 saturated heterocycles. The minimum Gasteiger partial charge on any atom is -0.352 e. The maximum absolute atomic E-state index is 13.0. The molecular formula is C19H23FN2O3S. The van der Waals surface area contributed by atoms with E-state index < -0.39 is 15.8 Å². The fourth-order valence-electron chi connectivity index (χ4n) is 2.42. The first kappa shape index (κ1) is 19.9. The molecule has 0 heterocycles. The second kappa shape index (κ2) is 8.80. The van der Waals surface area contributed by atoms with E-state index in [2.05, 4.69) is 12.2 Å². The minimum absolute atomic E-state index is 0.00512. The van der Waals surface area contributed by atoms with Crippen LogP contribution in [0.15, 0.2) is 53.4 Å². The number of nitrogens with zero attached hydrogens (tertiary/aromatic N) is 1. The predicted molar refractivity (Wildman–Crippen MR) is 100 cm³/mol. The van der Waals surface area contributed by atoms with Gasteiger partial charge in [0.1, 0.15) is 5.82 Å². The van der Waals surface area contributed by atoms with E-state index in [1.165, 1.54) is 49.5 Å². The maximum Gasteiger partial charge on any atom is 0.264 e. The van der Waals surface area contributed by atoms with Crippen LogP contribution in [0.1, 0.15) is 36.5 Å². The van der Waals surface area contributed by atoms with Gasteiger partial charge in [0.15, 0.2) is 0 Å². The zero-order chi connectivity index (χ0) is 19.2. The highest BCUT2D eigenvalue weighted by Gasteiger charge is 2.22. The smallest absolute Gasteiger partial charge is 0.264 e. The Balaban J connectivity index is 2.19. The fourth-order valence-corrected chi connectivity index (χ4v) is 3.67. The third-order valence-corrected chi connectivity index (χ3v) is 5.79. The van der Waals surface area contributed by atoms with Gasteiger partial charge in [-0.15, -0.1) is 0 Å². The fraction of sp³-hybridized carbons (Fsp3) is 0.316. The lowest BCUT2D eigenvalue weighted by atomic mass is 10.2. The molecule has 0 saturated carbocycles. The molecule has 0 fully saturated rings.